The number of aromatic carboxylic acids is 1. The molecule has 0 saturated heterocycles. The number of aromatic nitrogens is 2. The van der Waals surface area contributed by atoms with Gasteiger partial charge in [-0.2, -0.15) is 5.10 Å². The van der Waals surface area contributed by atoms with Crippen LogP contribution in [0.4, 0.5) is 0 Å². The highest BCUT2D eigenvalue weighted by Gasteiger charge is 2.20. The second kappa shape index (κ2) is 7.27. The van der Waals surface area contributed by atoms with Crippen molar-refractivity contribution in [1.29, 1.82) is 0 Å². The first-order valence-corrected chi connectivity index (χ1v) is 7.60. The van der Waals surface area contributed by atoms with Gasteiger partial charge in [0, 0.05) is 23.6 Å². The molecule has 0 aliphatic carbocycles. The Labute approximate surface area is 129 Å². The highest BCUT2D eigenvalue weighted by molar-refractivity contribution is 6.17. The molecular weight excluding hydrogens is 288 g/mol. The third kappa shape index (κ3) is 3.64. The summed E-state index contributed by atoms with van der Waals surface area (Å²) in [6, 6.07) is 9.79. The largest absolute Gasteiger partial charge is 0.476 e. The SMILES string of the molecule is Cc1c(C(=O)O)nn(CCCCCCl)c1-c1ccccc1. The Kier molecular flexibility index (Phi) is 5.39. The first-order valence-electron chi connectivity index (χ1n) is 7.07. The van der Waals surface area contributed by atoms with Gasteiger partial charge in [-0.1, -0.05) is 36.8 Å². The van der Waals surface area contributed by atoms with Gasteiger partial charge in [0.05, 0.1) is 5.69 Å². The molecule has 0 radical (unpaired) electrons. The summed E-state index contributed by atoms with van der Waals surface area (Å²) in [5.41, 5.74) is 2.73. The summed E-state index contributed by atoms with van der Waals surface area (Å²) in [5.74, 6) is -0.325. The summed E-state index contributed by atoms with van der Waals surface area (Å²) in [7, 11) is 0. The second-order valence-electron chi connectivity index (χ2n) is 4.97. The molecule has 4 nitrogen and oxygen atoms in total. The second-order valence-corrected chi connectivity index (χ2v) is 5.34. The molecule has 0 saturated carbocycles. The van der Waals surface area contributed by atoms with Crippen LogP contribution in [0.2, 0.25) is 0 Å². The fraction of sp³-hybridized carbons (Fsp3) is 0.375. The first kappa shape index (κ1) is 15.6. The number of unbranched alkanes of at least 4 members (excludes halogenated alkanes) is 2. The molecule has 0 fully saturated rings. The number of rotatable bonds is 7. The molecule has 0 aliphatic rings. The van der Waals surface area contributed by atoms with Gasteiger partial charge >= 0.3 is 5.97 Å². The number of carboxylic acid groups (broad SMARTS) is 1. The van der Waals surface area contributed by atoms with Gasteiger partial charge in [-0.05, 0) is 19.8 Å². The number of nitrogens with zero attached hydrogens (tertiary/aromatic N) is 2. The average Bonchev–Trinajstić information content (AvgIpc) is 2.81. The van der Waals surface area contributed by atoms with Crippen LogP contribution in [0.25, 0.3) is 11.3 Å². The van der Waals surface area contributed by atoms with Crippen LogP contribution >= 0.6 is 11.6 Å². The first-order chi connectivity index (χ1) is 10.1. The van der Waals surface area contributed by atoms with Crippen LogP contribution in [0.15, 0.2) is 30.3 Å². The van der Waals surface area contributed by atoms with E-state index in [4.69, 9.17) is 11.6 Å². The van der Waals surface area contributed by atoms with Crippen LogP contribution in [0.3, 0.4) is 0 Å². The zero-order valence-corrected chi connectivity index (χ0v) is 12.8. The van der Waals surface area contributed by atoms with Crippen molar-refractivity contribution in [2.24, 2.45) is 0 Å². The Balaban J connectivity index is 2.34. The maximum Gasteiger partial charge on any atom is 0.356 e. The lowest BCUT2D eigenvalue weighted by molar-refractivity contribution is 0.0688. The Morgan fingerprint density at radius 3 is 2.57 bits per heavy atom. The molecule has 0 amide bonds. The van der Waals surface area contributed by atoms with Crippen molar-refractivity contribution in [3.05, 3.63) is 41.6 Å². The van der Waals surface area contributed by atoms with Crippen molar-refractivity contribution < 1.29 is 9.90 Å². The maximum absolute atomic E-state index is 11.3. The van der Waals surface area contributed by atoms with Crippen molar-refractivity contribution >= 4 is 17.6 Å². The van der Waals surface area contributed by atoms with Crippen molar-refractivity contribution in [1.82, 2.24) is 9.78 Å². The number of benzene rings is 1. The summed E-state index contributed by atoms with van der Waals surface area (Å²) < 4.78 is 1.81. The molecule has 0 spiro atoms. The number of hydrogen-bond acceptors (Lipinski definition) is 2. The van der Waals surface area contributed by atoms with Gasteiger partial charge < -0.3 is 5.11 Å². The van der Waals surface area contributed by atoms with E-state index in [2.05, 4.69) is 5.10 Å². The van der Waals surface area contributed by atoms with Crippen LogP contribution in [-0.2, 0) is 6.54 Å². The Morgan fingerprint density at radius 1 is 1.24 bits per heavy atom. The molecule has 5 heteroatoms. The van der Waals surface area contributed by atoms with Crippen LogP contribution in [0.1, 0.15) is 35.3 Å². The molecule has 1 N–H and O–H groups in total. The minimum Gasteiger partial charge on any atom is -0.476 e. The van der Waals surface area contributed by atoms with E-state index >= 15 is 0 Å². The zero-order valence-electron chi connectivity index (χ0n) is 12.1. The molecule has 0 aliphatic heterocycles. The summed E-state index contributed by atoms with van der Waals surface area (Å²) in [4.78, 5) is 11.3. The Morgan fingerprint density at radius 2 is 1.95 bits per heavy atom. The van der Waals surface area contributed by atoms with E-state index in [1.54, 1.807) is 0 Å². The Hall–Kier alpha value is -1.81. The average molecular weight is 307 g/mol. The van der Waals surface area contributed by atoms with Crippen LogP contribution in [0.5, 0.6) is 0 Å². The molecule has 21 heavy (non-hydrogen) atoms. The van der Waals surface area contributed by atoms with E-state index < -0.39 is 5.97 Å². The van der Waals surface area contributed by atoms with Gasteiger partial charge in [0.15, 0.2) is 5.69 Å². The molecule has 1 aromatic heterocycles. The van der Waals surface area contributed by atoms with Crippen LogP contribution in [-0.4, -0.2) is 26.7 Å². The van der Waals surface area contributed by atoms with E-state index in [9.17, 15) is 9.90 Å². The van der Waals surface area contributed by atoms with Crippen molar-refractivity contribution in [2.75, 3.05) is 5.88 Å². The van der Waals surface area contributed by atoms with Crippen LogP contribution in [0, 0.1) is 6.92 Å². The maximum atomic E-state index is 11.3. The normalized spacial score (nSPS) is 10.8. The van der Waals surface area contributed by atoms with Crippen molar-refractivity contribution in [3.8, 4) is 11.3 Å². The van der Waals surface area contributed by atoms with Gasteiger partial charge in [0.25, 0.3) is 0 Å². The minimum absolute atomic E-state index is 0.131. The van der Waals surface area contributed by atoms with Gasteiger partial charge in [0.1, 0.15) is 0 Å². The van der Waals surface area contributed by atoms with Gasteiger partial charge in [0.2, 0.25) is 0 Å². The third-order valence-corrected chi connectivity index (χ3v) is 3.71. The molecular formula is C16H19ClN2O2. The zero-order chi connectivity index (χ0) is 15.2. The molecule has 0 atom stereocenters. The molecule has 2 aromatic rings. The monoisotopic (exact) mass is 306 g/mol. The number of carbonyl (C=O) groups is 1. The molecule has 1 aromatic carbocycles. The van der Waals surface area contributed by atoms with E-state index in [1.165, 1.54) is 0 Å². The molecule has 1 heterocycles. The smallest absolute Gasteiger partial charge is 0.356 e. The topological polar surface area (TPSA) is 55.1 Å². The third-order valence-electron chi connectivity index (χ3n) is 3.44. The van der Waals surface area contributed by atoms with E-state index in [-0.39, 0.29) is 5.69 Å². The molecule has 0 bridgehead atoms. The fourth-order valence-electron chi connectivity index (χ4n) is 2.41. The number of alkyl halides is 1. The van der Waals surface area contributed by atoms with Gasteiger partial charge in [-0.15, -0.1) is 11.6 Å². The van der Waals surface area contributed by atoms with E-state index in [1.807, 2.05) is 41.9 Å². The molecule has 112 valence electrons. The lowest BCUT2D eigenvalue weighted by atomic mass is 10.1. The summed E-state index contributed by atoms with van der Waals surface area (Å²) in [6.45, 7) is 2.52. The van der Waals surface area contributed by atoms with Crippen molar-refractivity contribution in [3.63, 3.8) is 0 Å². The van der Waals surface area contributed by atoms with E-state index in [0.29, 0.717) is 18.0 Å². The quantitative estimate of drug-likeness (QED) is 0.622. The lowest BCUT2D eigenvalue weighted by Gasteiger charge is -2.08. The highest BCUT2D eigenvalue weighted by atomic mass is 35.5. The van der Waals surface area contributed by atoms with Gasteiger partial charge in [-0.3, -0.25) is 4.68 Å². The fourth-order valence-corrected chi connectivity index (χ4v) is 2.60. The highest BCUT2D eigenvalue weighted by Crippen LogP contribution is 2.26. The standard InChI is InChI=1S/C16H19ClN2O2/c1-12-14(16(20)21)18-19(11-7-3-6-10-17)15(12)13-8-4-2-5-9-13/h2,4-5,8-9H,3,6-7,10-11H2,1H3,(H,20,21). The summed E-state index contributed by atoms with van der Waals surface area (Å²) >= 11 is 5.68. The van der Waals surface area contributed by atoms with Crippen LogP contribution < -0.4 is 0 Å². The predicted molar refractivity (Wildman–Crippen MR) is 83.9 cm³/mol. The molecule has 2 rings (SSSR count). The summed E-state index contributed by atoms with van der Waals surface area (Å²) in [6.07, 6.45) is 2.92. The molecule has 0 unspecified atom stereocenters. The lowest BCUT2D eigenvalue weighted by Crippen LogP contribution is -2.05. The number of hydrogen-bond donors (Lipinski definition) is 1. The Bertz CT molecular complexity index is 608. The number of aryl methyl sites for hydroxylation is 1. The van der Waals surface area contributed by atoms with E-state index in [0.717, 1.165) is 30.5 Å². The van der Waals surface area contributed by atoms with Crippen molar-refractivity contribution in [2.45, 2.75) is 32.7 Å². The number of halogens is 1. The number of carboxylic acids is 1. The van der Waals surface area contributed by atoms with Gasteiger partial charge in [-0.25, -0.2) is 4.79 Å². The minimum atomic E-state index is -0.982. The predicted octanol–water partition coefficient (Wildman–Crippen LogP) is 3.97. The summed E-state index contributed by atoms with van der Waals surface area (Å²) in [5, 5.41) is 13.5.